The molecule has 0 saturated heterocycles. The van der Waals surface area contributed by atoms with Crippen LogP contribution in [0, 0.1) is 51.4 Å². The highest BCUT2D eigenvalue weighted by atomic mass is 19.2. The summed E-state index contributed by atoms with van der Waals surface area (Å²) in [6.45, 7) is 0. The highest BCUT2D eigenvalue weighted by Crippen LogP contribution is 2.57. The summed E-state index contributed by atoms with van der Waals surface area (Å²) in [5.74, 6) is -4.19. The summed E-state index contributed by atoms with van der Waals surface area (Å²) in [5.41, 5.74) is -0.185. The second-order valence-electron chi connectivity index (χ2n) is 7.41. The highest BCUT2D eigenvalue weighted by molar-refractivity contribution is 6.20. The van der Waals surface area contributed by atoms with Gasteiger partial charge in [-0.2, -0.15) is 15.8 Å². The number of halogens is 3. The molecule has 1 heterocycles. The van der Waals surface area contributed by atoms with Gasteiger partial charge in [-0.1, -0.05) is 18.2 Å². The van der Waals surface area contributed by atoms with E-state index in [0.29, 0.717) is 34.0 Å². The van der Waals surface area contributed by atoms with E-state index in [1.165, 1.54) is 12.3 Å². The lowest BCUT2D eigenvalue weighted by molar-refractivity contribution is 0.477. The molecule has 2 aliphatic rings. The molecule has 0 bridgehead atoms. The van der Waals surface area contributed by atoms with Crippen LogP contribution >= 0.6 is 0 Å². The van der Waals surface area contributed by atoms with Crippen LogP contribution in [0.1, 0.15) is 22.3 Å². The van der Waals surface area contributed by atoms with Crippen molar-refractivity contribution in [3.05, 3.63) is 99.5 Å². The number of benzene rings is 2. The van der Waals surface area contributed by atoms with Crippen LogP contribution in [0.3, 0.4) is 0 Å². The fourth-order valence-corrected chi connectivity index (χ4v) is 4.55. The van der Waals surface area contributed by atoms with Crippen molar-refractivity contribution >= 4 is 16.7 Å². The van der Waals surface area contributed by atoms with Gasteiger partial charge in [0, 0.05) is 57.3 Å². The van der Waals surface area contributed by atoms with Gasteiger partial charge in [-0.05, 0) is 17.7 Å². The number of phenolic OH excluding ortho intramolecular Hbond substituents is 1. The topological polar surface area (TPSA) is 104 Å². The van der Waals surface area contributed by atoms with Crippen LogP contribution < -0.4 is 0 Å². The average Bonchev–Trinajstić information content (AvgIpc) is 3.33. The zero-order valence-electron chi connectivity index (χ0n) is 17.0. The van der Waals surface area contributed by atoms with Crippen LogP contribution in [0.15, 0.2) is 59.8 Å². The molecule has 3 aromatic rings. The molecular formula is C26H9F3N4O. The van der Waals surface area contributed by atoms with Crippen molar-refractivity contribution in [2.45, 2.75) is 0 Å². The van der Waals surface area contributed by atoms with Crippen LogP contribution in [-0.4, -0.2) is 10.1 Å². The Balaban J connectivity index is 2.08. The van der Waals surface area contributed by atoms with Gasteiger partial charge in [0.1, 0.15) is 29.3 Å². The number of hydrogen-bond acceptors (Lipinski definition) is 5. The van der Waals surface area contributed by atoms with E-state index in [0.717, 1.165) is 6.08 Å². The summed E-state index contributed by atoms with van der Waals surface area (Å²) >= 11 is 0. The minimum absolute atomic E-state index is 0.00310. The van der Waals surface area contributed by atoms with Crippen LogP contribution in [-0.2, 0) is 0 Å². The molecule has 34 heavy (non-hydrogen) atoms. The summed E-state index contributed by atoms with van der Waals surface area (Å²) in [4.78, 5) is 4.33. The fraction of sp³-hybridized carbons (Fsp3) is 0. The maximum atomic E-state index is 15.1. The number of nitriles is 3. The van der Waals surface area contributed by atoms with Gasteiger partial charge in [0.15, 0.2) is 11.6 Å². The van der Waals surface area contributed by atoms with E-state index in [-0.39, 0.29) is 22.5 Å². The first-order valence-electron chi connectivity index (χ1n) is 9.80. The van der Waals surface area contributed by atoms with E-state index in [2.05, 4.69) is 4.98 Å². The smallest absolute Gasteiger partial charge is 0.167 e. The molecule has 0 saturated carbocycles. The van der Waals surface area contributed by atoms with Gasteiger partial charge in [-0.25, -0.2) is 13.2 Å². The normalized spacial score (nSPS) is 16.4. The highest BCUT2D eigenvalue weighted by Gasteiger charge is 2.41. The van der Waals surface area contributed by atoms with Crippen molar-refractivity contribution < 1.29 is 18.3 Å². The number of rotatable bonds is 0. The molecule has 0 amide bonds. The summed E-state index contributed by atoms with van der Waals surface area (Å²) in [6.07, 6.45) is 2.42. The Bertz CT molecular complexity index is 1660. The molecule has 2 aromatic carbocycles. The van der Waals surface area contributed by atoms with E-state index >= 15 is 8.78 Å². The van der Waals surface area contributed by atoms with Crippen molar-refractivity contribution in [1.82, 2.24) is 4.98 Å². The van der Waals surface area contributed by atoms with Gasteiger partial charge in [0.2, 0.25) is 0 Å². The molecule has 8 heteroatoms. The first kappa shape index (κ1) is 20.8. The zero-order valence-corrected chi connectivity index (χ0v) is 17.0. The maximum Gasteiger partial charge on any atom is 0.167 e. The Morgan fingerprint density at radius 1 is 0.882 bits per heavy atom. The number of hydrogen-bond donors (Lipinski definition) is 1. The summed E-state index contributed by atoms with van der Waals surface area (Å²) in [5, 5.41) is 39.3. The summed E-state index contributed by atoms with van der Waals surface area (Å²) in [7, 11) is 0. The van der Waals surface area contributed by atoms with Gasteiger partial charge < -0.3 is 5.11 Å². The SMILES string of the molecule is N#CC=C1/C(=C2\c3cccnc3-c3c(O)cccc32)C(=C(C#N)C#N)c2c(F)cc(F)c(F)c21. The second-order valence-corrected chi connectivity index (χ2v) is 7.41. The summed E-state index contributed by atoms with van der Waals surface area (Å²) < 4.78 is 44.4. The molecule has 5 rings (SSSR count). The molecule has 1 aromatic heterocycles. The van der Waals surface area contributed by atoms with Gasteiger partial charge in [-0.15, -0.1) is 0 Å². The van der Waals surface area contributed by atoms with Gasteiger partial charge in [-0.3, -0.25) is 4.98 Å². The molecule has 5 nitrogen and oxygen atoms in total. The molecule has 1 N–H and O–H groups in total. The van der Waals surface area contributed by atoms with Crippen molar-refractivity contribution in [3.63, 3.8) is 0 Å². The minimum atomic E-state index is -1.48. The molecule has 160 valence electrons. The molecular weight excluding hydrogens is 441 g/mol. The number of aromatic nitrogens is 1. The number of phenols is 1. The van der Waals surface area contributed by atoms with Crippen molar-refractivity contribution in [2.24, 2.45) is 0 Å². The average molecular weight is 450 g/mol. The van der Waals surface area contributed by atoms with E-state index in [4.69, 9.17) is 0 Å². The van der Waals surface area contributed by atoms with E-state index in [1.807, 2.05) is 0 Å². The molecule has 2 aliphatic carbocycles. The van der Waals surface area contributed by atoms with Crippen LogP contribution in [0.5, 0.6) is 5.75 Å². The Morgan fingerprint density at radius 2 is 1.62 bits per heavy atom. The fourth-order valence-electron chi connectivity index (χ4n) is 4.55. The van der Waals surface area contributed by atoms with Crippen molar-refractivity contribution in [2.75, 3.05) is 0 Å². The molecule has 0 aliphatic heterocycles. The number of fused-ring (bicyclic) bond motifs is 4. The zero-order chi connectivity index (χ0) is 24.1. The lowest BCUT2D eigenvalue weighted by atomic mass is 9.89. The predicted molar refractivity (Wildman–Crippen MR) is 115 cm³/mol. The largest absolute Gasteiger partial charge is 0.507 e. The Hall–Kier alpha value is -5.13. The Kier molecular flexibility index (Phi) is 4.57. The predicted octanol–water partition coefficient (Wildman–Crippen LogP) is 5.41. The maximum absolute atomic E-state index is 15.1. The van der Waals surface area contributed by atoms with Crippen molar-refractivity contribution in [3.8, 4) is 35.2 Å². The van der Waals surface area contributed by atoms with Crippen LogP contribution in [0.2, 0.25) is 0 Å². The van der Waals surface area contributed by atoms with Gasteiger partial charge in [0.25, 0.3) is 0 Å². The third kappa shape index (κ3) is 2.62. The number of aromatic hydroxyl groups is 1. The van der Waals surface area contributed by atoms with Crippen molar-refractivity contribution in [1.29, 1.82) is 15.8 Å². The quantitative estimate of drug-likeness (QED) is 0.285. The molecule has 0 unspecified atom stereocenters. The van der Waals surface area contributed by atoms with E-state index < -0.39 is 34.2 Å². The number of allylic oxidation sites excluding steroid dienone is 5. The summed E-state index contributed by atoms with van der Waals surface area (Å²) in [6, 6.07) is 13.4. The standard InChI is InChI=1S/C26H9F3N4O/c27-16-9-17(28)25(29)23-14(6-7-30)22(19(24(16)23)12(10-31)11-32)20-13-3-1-5-18(34)21(13)26-15(20)4-2-8-33-26/h1-6,8-9,34H/b14-6?,22-20+. The molecule has 0 spiro atoms. The Labute approximate surface area is 190 Å². The molecule has 0 radical (unpaired) electrons. The van der Waals surface area contributed by atoms with E-state index in [1.54, 1.807) is 42.5 Å². The first-order valence-corrected chi connectivity index (χ1v) is 9.80. The van der Waals surface area contributed by atoms with Gasteiger partial charge >= 0.3 is 0 Å². The Morgan fingerprint density at radius 3 is 2.32 bits per heavy atom. The minimum Gasteiger partial charge on any atom is -0.507 e. The lowest BCUT2D eigenvalue weighted by Crippen LogP contribution is -1.98. The third-order valence-corrected chi connectivity index (χ3v) is 5.77. The monoisotopic (exact) mass is 450 g/mol. The first-order chi connectivity index (χ1) is 16.4. The molecule has 0 fully saturated rings. The lowest BCUT2D eigenvalue weighted by Gasteiger charge is -2.12. The second kappa shape index (κ2) is 7.48. The number of nitrogens with zero attached hydrogens (tertiary/aromatic N) is 4. The molecule has 0 atom stereocenters. The van der Waals surface area contributed by atoms with E-state index in [9.17, 15) is 25.3 Å². The number of pyridine rings is 1. The third-order valence-electron chi connectivity index (χ3n) is 5.77. The van der Waals surface area contributed by atoms with Gasteiger partial charge in [0.05, 0.1) is 17.3 Å². The van der Waals surface area contributed by atoms with Crippen LogP contribution in [0.4, 0.5) is 13.2 Å². The van der Waals surface area contributed by atoms with Crippen LogP contribution in [0.25, 0.3) is 28.0 Å².